The number of furan rings is 1. The fourth-order valence-electron chi connectivity index (χ4n) is 3.43. The first-order valence-corrected chi connectivity index (χ1v) is 11.0. The molecule has 1 amide bonds. The zero-order valence-electron chi connectivity index (χ0n) is 19.0. The van der Waals surface area contributed by atoms with E-state index in [0.717, 1.165) is 5.76 Å². The number of carbonyl (C=O) groups is 1. The molecular formula is C22H33N7O3. The van der Waals surface area contributed by atoms with E-state index < -0.39 is 5.60 Å². The summed E-state index contributed by atoms with van der Waals surface area (Å²) in [6.07, 6.45) is 3.81. The first-order valence-electron chi connectivity index (χ1n) is 11.0. The zero-order valence-corrected chi connectivity index (χ0v) is 19.0. The van der Waals surface area contributed by atoms with Crippen LogP contribution in [0.1, 0.15) is 31.8 Å². The van der Waals surface area contributed by atoms with Crippen molar-refractivity contribution in [3.8, 4) is 0 Å². The van der Waals surface area contributed by atoms with Crippen LogP contribution in [0, 0.1) is 6.92 Å². The quantitative estimate of drug-likeness (QED) is 0.406. The van der Waals surface area contributed by atoms with Crippen molar-refractivity contribution in [1.82, 2.24) is 25.5 Å². The molecule has 174 valence electrons. The van der Waals surface area contributed by atoms with E-state index in [1.165, 1.54) is 0 Å². The molecule has 10 nitrogen and oxygen atoms in total. The van der Waals surface area contributed by atoms with Gasteiger partial charge in [-0.15, -0.1) is 0 Å². The van der Waals surface area contributed by atoms with Gasteiger partial charge in [-0.25, -0.2) is 15.0 Å². The molecule has 0 bridgehead atoms. The van der Waals surface area contributed by atoms with E-state index >= 15 is 0 Å². The van der Waals surface area contributed by atoms with E-state index in [4.69, 9.17) is 4.42 Å². The molecule has 1 saturated heterocycles. The summed E-state index contributed by atoms with van der Waals surface area (Å²) in [7, 11) is 0. The van der Waals surface area contributed by atoms with Crippen LogP contribution in [0.15, 0.2) is 40.0 Å². The van der Waals surface area contributed by atoms with E-state index in [1.807, 2.05) is 24.8 Å². The van der Waals surface area contributed by atoms with Crippen LogP contribution < -0.4 is 15.5 Å². The zero-order chi connectivity index (χ0) is 23.0. The van der Waals surface area contributed by atoms with Crippen LogP contribution in [0.3, 0.4) is 0 Å². The lowest BCUT2D eigenvalue weighted by atomic mass is 10.0. The maximum Gasteiger partial charge on any atom is 0.225 e. The molecule has 0 spiro atoms. The average molecular weight is 444 g/mol. The second kappa shape index (κ2) is 10.9. The van der Waals surface area contributed by atoms with Gasteiger partial charge >= 0.3 is 0 Å². The molecule has 1 fully saturated rings. The highest BCUT2D eigenvalue weighted by Gasteiger charge is 2.27. The Bertz CT molecular complexity index is 890. The Morgan fingerprint density at radius 2 is 1.94 bits per heavy atom. The summed E-state index contributed by atoms with van der Waals surface area (Å²) in [5, 5.41) is 17.0. The predicted octanol–water partition coefficient (Wildman–Crippen LogP) is 0.880. The molecule has 32 heavy (non-hydrogen) atoms. The molecule has 10 heteroatoms. The SMILES string of the molecule is CCNC(=NCC(C)(O)c1ccc(C)o1)NCCC(=O)N1CCN(c2ncccn2)CC1. The molecule has 3 heterocycles. The Balaban J connectivity index is 1.45. The highest BCUT2D eigenvalue weighted by Crippen LogP contribution is 2.23. The lowest BCUT2D eigenvalue weighted by molar-refractivity contribution is -0.131. The number of aryl methyl sites for hydroxylation is 1. The monoisotopic (exact) mass is 443 g/mol. The summed E-state index contributed by atoms with van der Waals surface area (Å²) in [5.41, 5.74) is -1.21. The Hall–Kier alpha value is -3.14. The van der Waals surface area contributed by atoms with Crippen molar-refractivity contribution in [3.05, 3.63) is 42.1 Å². The molecule has 0 radical (unpaired) electrons. The number of carbonyl (C=O) groups excluding carboxylic acids is 1. The highest BCUT2D eigenvalue weighted by molar-refractivity contribution is 5.81. The number of anilines is 1. The van der Waals surface area contributed by atoms with Gasteiger partial charge in [0.05, 0.1) is 6.54 Å². The van der Waals surface area contributed by atoms with Gasteiger partial charge in [0.15, 0.2) is 5.96 Å². The third kappa shape index (κ3) is 6.43. The summed E-state index contributed by atoms with van der Waals surface area (Å²) >= 11 is 0. The summed E-state index contributed by atoms with van der Waals surface area (Å²) in [5.74, 6) is 2.57. The maximum atomic E-state index is 12.6. The molecule has 1 unspecified atom stereocenters. The van der Waals surface area contributed by atoms with Gasteiger partial charge in [0.1, 0.15) is 17.1 Å². The smallest absolute Gasteiger partial charge is 0.225 e. The number of nitrogens with zero attached hydrogens (tertiary/aromatic N) is 5. The molecule has 3 rings (SSSR count). The van der Waals surface area contributed by atoms with Crippen molar-refractivity contribution >= 4 is 17.8 Å². The van der Waals surface area contributed by atoms with E-state index in [0.29, 0.717) is 63.4 Å². The molecule has 1 atom stereocenters. The van der Waals surface area contributed by atoms with Gasteiger partial charge in [0.25, 0.3) is 0 Å². The average Bonchev–Trinajstić information content (AvgIpc) is 3.25. The minimum atomic E-state index is -1.21. The molecule has 0 saturated carbocycles. The Labute approximate surface area is 188 Å². The number of piperazine rings is 1. The number of rotatable bonds is 8. The van der Waals surface area contributed by atoms with Gasteiger partial charge < -0.3 is 30.0 Å². The third-order valence-electron chi connectivity index (χ3n) is 5.26. The van der Waals surface area contributed by atoms with Crippen LogP contribution in [0.5, 0.6) is 0 Å². The second-order valence-corrected chi connectivity index (χ2v) is 7.97. The van der Waals surface area contributed by atoms with Crippen molar-refractivity contribution in [3.63, 3.8) is 0 Å². The molecule has 0 aliphatic carbocycles. The van der Waals surface area contributed by atoms with Crippen molar-refractivity contribution in [2.75, 3.05) is 50.7 Å². The summed E-state index contributed by atoms with van der Waals surface area (Å²) in [4.78, 5) is 29.6. The fourth-order valence-corrected chi connectivity index (χ4v) is 3.43. The molecule has 2 aromatic heterocycles. The fraction of sp³-hybridized carbons (Fsp3) is 0.545. The van der Waals surface area contributed by atoms with Gasteiger partial charge in [-0.2, -0.15) is 0 Å². The van der Waals surface area contributed by atoms with Crippen LogP contribution in [0.25, 0.3) is 0 Å². The number of hydrogen-bond donors (Lipinski definition) is 3. The minimum absolute atomic E-state index is 0.0973. The van der Waals surface area contributed by atoms with Gasteiger partial charge in [-0.3, -0.25) is 4.79 Å². The van der Waals surface area contributed by atoms with Gasteiger partial charge in [-0.05, 0) is 39.0 Å². The van der Waals surface area contributed by atoms with E-state index in [1.54, 1.807) is 31.5 Å². The summed E-state index contributed by atoms with van der Waals surface area (Å²) in [6.45, 7) is 9.46. The number of aliphatic imine (C=N–C) groups is 1. The number of nitrogens with one attached hydrogen (secondary N) is 2. The highest BCUT2D eigenvalue weighted by atomic mass is 16.4. The van der Waals surface area contributed by atoms with Gasteiger partial charge in [-0.1, -0.05) is 0 Å². The number of guanidine groups is 1. The second-order valence-electron chi connectivity index (χ2n) is 7.97. The molecule has 1 aliphatic rings. The lowest BCUT2D eigenvalue weighted by Crippen LogP contribution is -2.50. The van der Waals surface area contributed by atoms with Gasteiger partial charge in [0, 0.05) is 58.1 Å². The van der Waals surface area contributed by atoms with Crippen LogP contribution in [0.4, 0.5) is 5.95 Å². The summed E-state index contributed by atoms with van der Waals surface area (Å²) < 4.78 is 5.53. The predicted molar refractivity (Wildman–Crippen MR) is 122 cm³/mol. The van der Waals surface area contributed by atoms with Crippen molar-refractivity contribution in [1.29, 1.82) is 0 Å². The standard InChI is InChI=1S/C22H33N7O3/c1-4-23-20(27-16-22(3,31)18-7-6-17(2)32-18)24-11-8-19(30)28-12-14-29(15-13-28)21-25-9-5-10-26-21/h5-7,9-10,31H,4,8,11-16H2,1-3H3,(H2,23,24,27). The molecule has 2 aromatic rings. The number of aliphatic hydroxyl groups is 1. The van der Waals surface area contributed by atoms with E-state index in [-0.39, 0.29) is 12.5 Å². The van der Waals surface area contributed by atoms with Crippen LogP contribution in [-0.4, -0.2) is 77.7 Å². The minimum Gasteiger partial charge on any atom is -0.463 e. The molecule has 3 N–H and O–H groups in total. The van der Waals surface area contributed by atoms with Crippen molar-refractivity contribution < 1.29 is 14.3 Å². The van der Waals surface area contributed by atoms with E-state index in [2.05, 4.69) is 30.5 Å². The van der Waals surface area contributed by atoms with Crippen molar-refractivity contribution in [2.45, 2.75) is 32.8 Å². The van der Waals surface area contributed by atoms with Crippen molar-refractivity contribution in [2.24, 2.45) is 4.99 Å². The Kier molecular flexibility index (Phi) is 8.04. The topological polar surface area (TPSA) is 119 Å². The third-order valence-corrected chi connectivity index (χ3v) is 5.26. The van der Waals surface area contributed by atoms with Crippen LogP contribution in [0.2, 0.25) is 0 Å². The van der Waals surface area contributed by atoms with Gasteiger partial charge in [0.2, 0.25) is 11.9 Å². The largest absolute Gasteiger partial charge is 0.463 e. The molecular weight excluding hydrogens is 410 g/mol. The lowest BCUT2D eigenvalue weighted by Gasteiger charge is -2.34. The Morgan fingerprint density at radius 1 is 1.22 bits per heavy atom. The summed E-state index contributed by atoms with van der Waals surface area (Å²) in [6, 6.07) is 5.36. The molecule has 1 aliphatic heterocycles. The Morgan fingerprint density at radius 3 is 2.56 bits per heavy atom. The van der Waals surface area contributed by atoms with Crippen LogP contribution in [-0.2, 0) is 10.4 Å². The first-order chi connectivity index (χ1) is 15.4. The number of amides is 1. The molecule has 0 aromatic carbocycles. The normalized spacial score (nSPS) is 16.6. The van der Waals surface area contributed by atoms with E-state index in [9.17, 15) is 9.90 Å². The number of aromatic nitrogens is 2. The maximum absolute atomic E-state index is 12.6. The number of hydrogen-bond acceptors (Lipinski definition) is 7. The first kappa shape index (κ1) is 23.5. The van der Waals surface area contributed by atoms with Crippen LogP contribution >= 0.6 is 0 Å².